The molecule has 144 valence electrons. The van der Waals surface area contributed by atoms with Gasteiger partial charge in [0.25, 0.3) is 0 Å². The fourth-order valence-corrected chi connectivity index (χ4v) is 6.38. The molecule has 8 nitrogen and oxygen atoms in total. The molecule has 0 bridgehead atoms. The predicted molar refractivity (Wildman–Crippen MR) is 95.1 cm³/mol. The Bertz CT molecular complexity index is 867. The molecule has 2 N–H and O–H groups in total. The van der Waals surface area contributed by atoms with Crippen molar-refractivity contribution in [1.29, 1.82) is 0 Å². The number of nitrogens with zero attached hydrogens (tertiary/aromatic N) is 2. The molecule has 2 heterocycles. The van der Waals surface area contributed by atoms with Crippen LogP contribution in [-0.2, 0) is 24.8 Å². The lowest BCUT2D eigenvalue weighted by atomic mass is 9.98. The minimum atomic E-state index is -3.72. The van der Waals surface area contributed by atoms with Crippen molar-refractivity contribution in [2.45, 2.75) is 35.5 Å². The van der Waals surface area contributed by atoms with Crippen LogP contribution in [0.15, 0.2) is 34.1 Å². The molecule has 0 aliphatic carbocycles. The third-order valence-corrected chi connectivity index (χ3v) is 8.85. The Hall–Kier alpha value is -1.49. The summed E-state index contributed by atoms with van der Waals surface area (Å²) in [5.74, 6) is -0.701. The maximum Gasteiger partial charge on any atom is 0.243 e. The van der Waals surface area contributed by atoms with Gasteiger partial charge < -0.3 is 5.73 Å². The zero-order valence-corrected chi connectivity index (χ0v) is 16.0. The number of rotatable bonds is 5. The molecule has 2 fully saturated rings. The summed E-state index contributed by atoms with van der Waals surface area (Å²) >= 11 is 0. The molecule has 3 rings (SSSR count). The molecule has 2 aliphatic rings. The normalized spacial score (nSPS) is 21.1. The number of hydrogen-bond acceptors (Lipinski definition) is 5. The number of benzene rings is 1. The second kappa shape index (κ2) is 7.26. The second-order valence-electron chi connectivity index (χ2n) is 6.66. The molecule has 1 amide bonds. The van der Waals surface area contributed by atoms with Crippen LogP contribution in [0.25, 0.3) is 0 Å². The summed E-state index contributed by atoms with van der Waals surface area (Å²) in [7, 11) is -7.29. The van der Waals surface area contributed by atoms with Crippen molar-refractivity contribution in [2.75, 3.05) is 26.2 Å². The SMILES string of the molecule is NC(=O)C1CCN(S(=O)(=O)c2ccc(S(=O)(=O)N3CCCC3)cc2)CC1. The van der Waals surface area contributed by atoms with Crippen molar-refractivity contribution < 1.29 is 21.6 Å². The van der Waals surface area contributed by atoms with Crippen LogP contribution in [0, 0.1) is 5.92 Å². The zero-order valence-electron chi connectivity index (χ0n) is 14.4. The van der Waals surface area contributed by atoms with Gasteiger partial charge in [0.05, 0.1) is 9.79 Å². The third-order valence-electron chi connectivity index (χ3n) is 5.02. The highest BCUT2D eigenvalue weighted by Crippen LogP contribution is 2.26. The van der Waals surface area contributed by atoms with E-state index < -0.39 is 26.0 Å². The quantitative estimate of drug-likeness (QED) is 0.764. The van der Waals surface area contributed by atoms with Crippen LogP contribution in [0.5, 0.6) is 0 Å². The lowest BCUT2D eigenvalue weighted by Crippen LogP contribution is -2.41. The van der Waals surface area contributed by atoms with E-state index >= 15 is 0 Å². The van der Waals surface area contributed by atoms with Crippen molar-refractivity contribution in [3.05, 3.63) is 24.3 Å². The van der Waals surface area contributed by atoms with Gasteiger partial charge in [0.1, 0.15) is 0 Å². The first-order chi connectivity index (χ1) is 12.2. The van der Waals surface area contributed by atoms with Gasteiger partial charge in [-0.1, -0.05) is 0 Å². The van der Waals surface area contributed by atoms with Gasteiger partial charge in [-0.15, -0.1) is 0 Å². The van der Waals surface area contributed by atoms with Crippen molar-refractivity contribution in [1.82, 2.24) is 8.61 Å². The van der Waals surface area contributed by atoms with E-state index in [9.17, 15) is 21.6 Å². The number of hydrogen-bond donors (Lipinski definition) is 1. The standard InChI is InChI=1S/C16H23N3O5S2/c17-16(20)13-7-11-19(12-8-13)26(23,24)15-5-3-14(4-6-15)25(21,22)18-9-1-2-10-18/h3-6,13H,1-2,7-12H2,(H2,17,20). The number of carbonyl (C=O) groups is 1. The van der Waals surface area contributed by atoms with Crippen LogP contribution < -0.4 is 5.73 Å². The van der Waals surface area contributed by atoms with E-state index in [-0.39, 0.29) is 28.8 Å². The number of carbonyl (C=O) groups excluding carboxylic acids is 1. The largest absolute Gasteiger partial charge is 0.369 e. The first-order valence-electron chi connectivity index (χ1n) is 8.62. The summed E-state index contributed by atoms with van der Waals surface area (Å²) in [4.78, 5) is 11.4. The molecule has 26 heavy (non-hydrogen) atoms. The molecule has 0 saturated carbocycles. The molecule has 1 aromatic rings. The molecular formula is C16H23N3O5S2. The van der Waals surface area contributed by atoms with Crippen LogP contribution in [0.4, 0.5) is 0 Å². The number of amides is 1. The Morgan fingerprint density at radius 1 is 0.808 bits per heavy atom. The second-order valence-corrected chi connectivity index (χ2v) is 10.5. The van der Waals surface area contributed by atoms with Crippen molar-refractivity contribution in [3.63, 3.8) is 0 Å². The van der Waals surface area contributed by atoms with Crippen molar-refractivity contribution >= 4 is 26.0 Å². The fraction of sp³-hybridized carbons (Fsp3) is 0.562. The molecule has 0 unspecified atom stereocenters. The average molecular weight is 402 g/mol. The first kappa shape index (κ1) is 19.3. The number of primary amides is 1. The van der Waals surface area contributed by atoms with Gasteiger partial charge in [-0.25, -0.2) is 16.8 Å². The molecular weight excluding hydrogens is 378 g/mol. The van der Waals surface area contributed by atoms with Gasteiger partial charge in [0.2, 0.25) is 26.0 Å². The lowest BCUT2D eigenvalue weighted by molar-refractivity contribution is -0.122. The summed E-state index contributed by atoms with van der Waals surface area (Å²) in [5.41, 5.74) is 5.27. The van der Waals surface area contributed by atoms with E-state index in [4.69, 9.17) is 5.73 Å². The molecule has 10 heteroatoms. The summed E-state index contributed by atoms with van der Waals surface area (Å²) in [6.07, 6.45) is 2.48. The zero-order chi connectivity index (χ0) is 18.9. The molecule has 0 radical (unpaired) electrons. The first-order valence-corrected chi connectivity index (χ1v) is 11.5. The Morgan fingerprint density at radius 3 is 1.58 bits per heavy atom. The minimum Gasteiger partial charge on any atom is -0.369 e. The smallest absolute Gasteiger partial charge is 0.243 e. The Kier molecular flexibility index (Phi) is 5.38. The van der Waals surface area contributed by atoms with Crippen LogP contribution >= 0.6 is 0 Å². The molecule has 1 aromatic carbocycles. The molecule has 0 aromatic heterocycles. The van der Waals surface area contributed by atoms with Gasteiger partial charge in [0, 0.05) is 32.1 Å². The van der Waals surface area contributed by atoms with Gasteiger partial charge in [-0.3, -0.25) is 4.79 Å². The number of nitrogens with two attached hydrogens (primary N) is 1. The summed E-state index contributed by atoms with van der Waals surface area (Å²) < 4.78 is 53.2. The van der Waals surface area contributed by atoms with E-state index in [1.165, 1.54) is 32.9 Å². The number of sulfonamides is 2. The maximum atomic E-state index is 12.7. The van der Waals surface area contributed by atoms with Crippen LogP contribution in [0.2, 0.25) is 0 Å². The van der Waals surface area contributed by atoms with E-state index in [1.807, 2.05) is 0 Å². The van der Waals surface area contributed by atoms with E-state index in [0.717, 1.165) is 12.8 Å². The maximum absolute atomic E-state index is 12.7. The van der Waals surface area contributed by atoms with Crippen LogP contribution in [0.1, 0.15) is 25.7 Å². The third kappa shape index (κ3) is 3.64. The van der Waals surface area contributed by atoms with Crippen molar-refractivity contribution in [2.24, 2.45) is 11.7 Å². The van der Waals surface area contributed by atoms with Crippen LogP contribution in [-0.4, -0.2) is 57.5 Å². The molecule has 0 atom stereocenters. The minimum absolute atomic E-state index is 0.0513. The highest BCUT2D eigenvalue weighted by atomic mass is 32.2. The summed E-state index contributed by atoms with van der Waals surface area (Å²) in [6, 6.07) is 5.35. The Balaban J connectivity index is 1.76. The Morgan fingerprint density at radius 2 is 1.19 bits per heavy atom. The van der Waals surface area contributed by atoms with Gasteiger partial charge in [-0.05, 0) is 49.9 Å². The topological polar surface area (TPSA) is 118 Å². The summed E-state index contributed by atoms with van der Waals surface area (Å²) in [5, 5.41) is 0. The van der Waals surface area contributed by atoms with E-state index in [1.54, 1.807) is 0 Å². The van der Waals surface area contributed by atoms with Crippen molar-refractivity contribution in [3.8, 4) is 0 Å². The van der Waals surface area contributed by atoms with Crippen LogP contribution in [0.3, 0.4) is 0 Å². The average Bonchev–Trinajstić information content (AvgIpc) is 3.17. The highest BCUT2D eigenvalue weighted by molar-refractivity contribution is 7.89. The van der Waals surface area contributed by atoms with Gasteiger partial charge >= 0.3 is 0 Å². The highest BCUT2D eigenvalue weighted by Gasteiger charge is 2.32. The lowest BCUT2D eigenvalue weighted by Gasteiger charge is -2.29. The van der Waals surface area contributed by atoms with Gasteiger partial charge in [0.15, 0.2) is 0 Å². The molecule has 2 aliphatic heterocycles. The van der Waals surface area contributed by atoms with E-state index in [0.29, 0.717) is 25.9 Å². The predicted octanol–water partition coefficient (Wildman–Crippen LogP) is 0.357. The summed E-state index contributed by atoms with van der Waals surface area (Å²) in [6.45, 7) is 1.45. The van der Waals surface area contributed by atoms with Gasteiger partial charge in [-0.2, -0.15) is 8.61 Å². The monoisotopic (exact) mass is 401 g/mol. The Labute approximate surface area is 154 Å². The fourth-order valence-electron chi connectivity index (χ4n) is 3.39. The number of piperidine rings is 1. The molecule has 2 saturated heterocycles. The van der Waals surface area contributed by atoms with E-state index in [2.05, 4.69) is 0 Å². The molecule has 0 spiro atoms.